The van der Waals surface area contributed by atoms with Gasteiger partial charge < -0.3 is 0 Å². The Morgan fingerprint density at radius 2 is 1.67 bits per heavy atom. The molecular weight excluding hydrogens is 192 g/mol. The molecule has 0 aromatic carbocycles. The molecule has 0 unspecified atom stereocenters. The Morgan fingerprint density at radius 1 is 1.20 bits per heavy atom. The van der Waals surface area contributed by atoms with Gasteiger partial charge in [0.05, 0.1) is 0 Å². The molecule has 1 aliphatic heterocycles. The van der Waals surface area contributed by atoms with Crippen LogP contribution in [0.3, 0.4) is 0 Å². The minimum Gasteiger partial charge on any atom is -0.273 e. The molecule has 0 saturated carbocycles. The van der Waals surface area contributed by atoms with E-state index in [0.717, 1.165) is 12.8 Å². The third-order valence-electron chi connectivity index (χ3n) is 2.96. The highest BCUT2D eigenvalue weighted by atomic mass is 16.8. The van der Waals surface area contributed by atoms with Crippen LogP contribution in [0.4, 0.5) is 0 Å². The van der Waals surface area contributed by atoms with E-state index < -0.39 is 0 Å². The van der Waals surface area contributed by atoms with Crippen molar-refractivity contribution in [2.24, 2.45) is 0 Å². The van der Waals surface area contributed by atoms with Crippen LogP contribution in [0.2, 0.25) is 0 Å². The van der Waals surface area contributed by atoms with Gasteiger partial charge in [0.1, 0.15) is 0 Å². The van der Waals surface area contributed by atoms with Gasteiger partial charge in [0.15, 0.2) is 0 Å². The molecule has 0 aromatic rings. The van der Waals surface area contributed by atoms with Crippen molar-refractivity contribution in [3.8, 4) is 0 Å². The van der Waals surface area contributed by atoms with Crippen molar-refractivity contribution in [3.63, 3.8) is 0 Å². The van der Waals surface area contributed by atoms with E-state index in [0.29, 0.717) is 0 Å². The molecular formula is C11H22N2O2. The van der Waals surface area contributed by atoms with Crippen LogP contribution in [0, 0.1) is 0 Å². The number of amides is 1. The summed E-state index contributed by atoms with van der Waals surface area (Å²) in [4.78, 5) is 16.3. The van der Waals surface area contributed by atoms with Gasteiger partial charge in [-0.15, -0.1) is 0 Å². The van der Waals surface area contributed by atoms with E-state index in [2.05, 4.69) is 33.2 Å². The maximum atomic E-state index is 10.8. The summed E-state index contributed by atoms with van der Waals surface area (Å²) < 4.78 is 0. The third kappa shape index (κ3) is 2.92. The third-order valence-corrected chi connectivity index (χ3v) is 2.96. The molecule has 0 atom stereocenters. The molecule has 0 bridgehead atoms. The van der Waals surface area contributed by atoms with Crippen molar-refractivity contribution in [2.75, 3.05) is 0 Å². The first-order valence-corrected chi connectivity index (χ1v) is 5.50. The summed E-state index contributed by atoms with van der Waals surface area (Å²) in [5.41, 5.74) is 2.34. The Labute approximate surface area is 91.9 Å². The summed E-state index contributed by atoms with van der Waals surface area (Å²) in [6, 6.07) is 0. The van der Waals surface area contributed by atoms with Crippen LogP contribution in [-0.4, -0.2) is 22.0 Å². The first-order valence-electron chi connectivity index (χ1n) is 5.50. The van der Waals surface area contributed by atoms with Gasteiger partial charge in [0.2, 0.25) is 5.91 Å². The lowest BCUT2D eigenvalue weighted by atomic mass is 9.82. The maximum Gasteiger partial charge on any atom is 0.241 e. The van der Waals surface area contributed by atoms with Crippen molar-refractivity contribution in [3.05, 3.63) is 0 Å². The van der Waals surface area contributed by atoms with Gasteiger partial charge in [0, 0.05) is 18.0 Å². The van der Waals surface area contributed by atoms with Gasteiger partial charge in [-0.25, -0.2) is 5.48 Å². The SMILES string of the molecule is CC(=O)NON1C(C)(C)CCCC1(C)C. The summed E-state index contributed by atoms with van der Waals surface area (Å²) in [5, 5.41) is 1.91. The molecule has 88 valence electrons. The Kier molecular flexibility index (Phi) is 3.41. The van der Waals surface area contributed by atoms with Crippen LogP contribution < -0.4 is 5.48 Å². The van der Waals surface area contributed by atoms with E-state index in [1.165, 1.54) is 13.3 Å². The number of nitrogens with one attached hydrogen (secondary N) is 1. The molecule has 0 aliphatic carbocycles. The fourth-order valence-corrected chi connectivity index (χ4v) is 2.33. The van der Waals surface area contributed by atoms with Crippen molar-refractivity contribution >= 4 is 5.91 Å². The van der Waals surface area contributed by atoms with E-state index >= 15 is 0 Å². The van der Waals surface area contributed by atoms with Crippen LogP contribution in [0.1, 0.15) is 53.9 Å². The summed E-state index contributed by atoms with van der Waals surface area (Å²) in [7, 11) is 0. The van der Waals surface area contributed by atoms with Crippen LogP contribution in [0.25, 0.3) is 0 Å². The number of piperidine rings is 1. The number of carbonyl (C=O) groups excluding carboxylic acids is 1. The lowest BCUT2D eigenvalue weighted by Crippen LogP contribution is -2.60. The fraction of sp³-hybridized carbons (Fsp3) is 0.909. The second-order valence-corrected chi connectivity index (χ2v) is 5.52. The summed E-state index contributed by atoms with van der Waals surface area (Å²) >= 11 is 0. The standard InChI is InChI=1S/C11H22N2O2/c1-9(14)12-15-13-10(2,3)7-6-8-11(13,4)5/h6-8H2,1-5H3,(H,12,14). The second-order valence-electron chi connectivity index (χ2n) is 5.52. The topological polar surface area (TPSA) is 41.6 Å². The lowest BCUT2D eigenvalue weighted by molar-refractivity contribution is -0.308. The Hall–Kier alpha value is -0.610. The monoisotopic (exact) mass is 214 g/mol. The van der Waals surface area contributed by atoms with Crippen LogP contribution in [-0.2, 0) is 9.73 Å². The summed E-state index contributed by atoms with van der Waals surface area (Å²) in [5.74, 6) is -0.174. The Bertz CT molecular complexity index is 233. The quantitative estimate of drug-likeness (QED) is 0.715. The molecule has 1 aliphatic rings. The molecule has 1 saturated heterocycles. The second kappa shape index (κ2) is 4.10. The van der Waals surface area contributed by atoms with Gasteiger partial charge in [0.25, 0.3) is 0 Å². The van der Waals surface area contributed by atoms with E-state index in [1.54, 1.807) is 0 Å². The molecule has 1 fully saturated rings. The number of hydroxylamine groups is 3. The highest BCUT2D eigenvalue weighted by Crippen LogP contribution is 2.37. The smallest absolute Gasteiger partial charge is 0.241 e. The zero-order chi connectivity index (χ0) is 11.7. The molecule has 0 spiro atoms. The molecule has 4 heteroatoms. The highest BCUT2D eigenvalue weighted by molar-refractivity contribution is 5.71. The molecule has 1 N–H and O–H groups in total. The highest BCUT2D eigenvalue weighted by Gasteiger charge is 2.43. The number of hydrogen-bond acceptors (Lipinski definition) is 3. The summed E-state index contributed by atoms with van der Waals surface area (Å²) in [6.45, 7) is 9.99. The van der Waals surface area contributed by atoms with E-state index in [1.807, 2.05) is 5.06 Å². The van der Waals surface area contributed by atoms with Crippen molar-refractivity contribution in [1.29, 1.82) is 0 Å². The average molecular weight is 214 g/mol. The number of rotatable bonds is 2. The summed E-state index contributed by atoms with van der Waals surface area (Å²) in [6.07, 6.45) is 3.35. The first-order chi connectivity index (χ1) is 6.76. The predicted octanol–water partition coefficient (Wildman–Crippen LogP) is 2.01. The molecule has 0 aromatic heterocycles. The van der Waals surface area contributed by atoms with E-state index in [-0.39, 0.29) is 17.0 Å². The molecule has 15 heavy (non-hydrogen) atoms. The average Bonchev–Trinajstić information content (AvgIpc) is 1.99. The predicted molar refractivity (Wildman–Crippen MR) is 58.7 cm³/mol. The van der Waals surface area contributed by atoms with E-state index in [4.69, 9.17) is 4.94 Å². The van der Waals surface area contributed by atoms with Crippen molar-refractivity contribution in [1.82, 2.24) is 10.5 Å². The molecule has 0 radical (unpaired) electrons. The van der Waals surface area contributed by atoms with Gasteiger partial charge in [-0.1, -0.05) is 0 Å². The minimum absolute atomic E-state index is 0.0375. The van der Waals surface area contributed by atoms with Gasteiger partial charge in [-0.3, -0.25) is 4.79 Å². The zero-order valence-corrected chi connectivity index (χ0v) is 10.4. The lowest BCUT2D eigenvalue weighted by Gasteiger charge is -2.50. The molecule has 4 nitrogen and oxygen atoms in total. The number of hydrogen-bond donors (Lipinski definition) is 1. The molecule has 1 amide bonds. The van der Waals surface area contributed by atoms with E-state index in [9.17, 15) is 4.79 Å². The van der Waals surface area contributed by atoms with Crippen LogP contribution in [0.15, 0.2) is 0 Å². The van der Waals surface area contributed by atoms with Crippen molar-refractivity contribution < 1.29 is 9.73 Å². The molecule has 1 heterocycles. The molecule has 1 rings (SSSR count). The largest absolute Gasteiger partial charge is 0.273 e. The zero-order valence-electron chi connectivity index (χ0n) is 10.4. The van der Waals surface area contributed by atoms with Crippen LogP contribution in [0.5, 0.6) is 0 Å². The minimum atomic E-state index is -0.174. The fourth-order valence-electron chi connectivity index (χ4n) is 2.33. The Morgan fingerprint density at radius 3 is 2.07 bits per heavy atom. The Balaban J connectivity index is 2.72. The van der Waals surface area contributed by atoms with Crippen molar-refractivity contribution in [2.45, 2.75) is 65.0 Å². The first kappa shape index (κ1) is 12.5. The van der Waals surface area contributed by atoms with Crippen LogP contribution >= 0.6 is 0 Å². The van der Waals surface area contributed by atoms with Gasteiger partial charge >= 0.3 is 0 Å². The number of nitrogens with zero attached hydrogens (tertiary/aromatic N) is 1. The maximum absolute atomic E-state index is 10.8. The normalized spacial score (nSPS) is 24.9. The van der Waals surface area contributed by atoms with Gasteiger partial charge in [-0.05, 0) is 47.0 Å². The van der Waals surface area contributed by atoms with Gasteiger partial charge in [-0.2, -0.15) is 10.0 Å². The number of carbonyl (C=O) groups is 1.